The number of aromatic nitrogens is 3. The summed E-state index contributed by atoms with van der Waals surface area (Å²) in [6, 6.07) is 0. The predicted molar refractivity (Wildman–Crippen MR) is 68.8 cm³/mol. The lowest BCUT2D eigenvalue weighted by Gasteiger charge is -2.22. The average Bonchev–Trinajstić information content (AvgIpc) is 2.89. The Bertz CT molecular complexity index is 448. The molecule has 0 spiro atoms. The number of nitrogens with one attached hydrogen (secondary N) is 1. The van der Waals surface area contributed by atoms with Crippen molar-refractivity contribution < 1.29 is 22.7 Å². The number of nitrogens with zero attached hydrogens (tertiary/aromatic N) is 3. The number of aromatic amines is 1. The van der Waals surface area contributed by atoms with Crippen molar-refractivity contribution in [2.75, 3.05) is 26.3 Å². The molecule has 0 aliphatic rings. The van der Waals surface area contributed by atoms with Crippen LogP contribution in [-0.4, -0.2) is 58.5 Å². The minimum absolute atomic E-state index is 0.0612. The number of alkyl halides is 3. The predicted octanol–water partition coefficient (Wildman–Crippen LogP) is 1.80. The number of hydrogen-bond acceptors (Lipinski definition) is 4. The molecule has 0 aromatic carbocycles. The first kappa shape index (κ1) is 17.4. The molecule has 1 amide bonds. The molecule has 0 unspecified atom stereocenters. The van der Waals surface area contributed by atoms with Crippen molar-refractivity contribution in [3.63, 3.8) is 0 Å². The van der Waals surface area contributed by atoms with E-state index in [9.17, 15) is 18.0 Å². The molecule has 1 rings (SSSR count). The van der Waals surface area contributed by atoms with Crippen LogP contribution < -0.4 is 0 Å². The van der Waals surface area contributed by atoms with Gasteiger partial charge in [-0.2, -0.15) is 13.2 Å². The Hall–Kier alpha value is -1.64. The fourth-order valence-corrected chi connectivity index (χ4v) is 1.66. The van der Waals surface area contributed by atoms with E-state index in [1.165, 1.54) is 0 Å². The SMILES string of the molecule is CCOCCCN(CC(F)(F)F)C(=O)c1n[nH]c(CC)n1. The number of H-pyrrole nitrogens is 1. The highest BCUT2D eigenvalue weighted by molar-refractivity contribution is 5.90. The summed E-state index contributed by atoms with van der Waals surface area (Å²) in [6.45, 7) is 2.98. The molecule has 0 fully saturated rings. The maximum absolute atomic E-state index is 12.6. The molecule has 1 aromatic rings. The van der Waals surface area contributed by atoms with Gasteiger partial charge >= 0.3 is 6.18 Å². The Morgan fingerprint density at radius 2 is 2.10 bits per heavy atom. The van der Waals surface area contributed by atoms with Gasteiger partial charge in [0.15, 0.2) is 0 Å². The van der Waals surface area contributed by atoms with Gasteiger partial charge in [0.05, 0.1) is 0 Å². The summed E-state index contributed by atoms with van der Waals surface area (Å²) >= 11 is 0. The quantitative estimate of drug-likeness (QED) is 0.743. The van der Waals surface area contributed by atoms with Gasteiger partial charge in [-0.25, -0.2) is 4.98 Å². The number of carbonyl (C=O) groups is 1. The summed E-state index contributed by atoms with van der Waals surface area (Å²) < 4.78 is 42.7. The van der Waals surface area contributed by atoms with Crippen molar-refractivity contribution in [3.05, 3.63) is 11.6 Å². The third-order valence-electron chi connectivity index (χ3n) is 2.64. The zero-order valence-corrected chi connectivity index (χ0v) is 12.0. The van der Waals surface area contributed by atoms with E-state index in [-0.39, 0.29) is 12.4 Å². The highest BCUT2D eigenvalue weighted by Crippen LogP contribution is 2.17. The molecule has 6 nitrogen and oxygen atoms in total. The van der Waals surface area contributed by atoms with Crippen LogP contribution in [0.2, 0.25) is 0 Å². The zero-order chi connectivity index (χ0) is 15.9. The van der Waals surface area contributed by atoms with E-state index >= 15 is 0 Å². The first-order chi connectivity index (χ1) is 9.87. The maximum Gasteiger partial charge on any atom is 0.406 e. The van der Waals surface area contributed by atoms with Crippen molar-refractivity contribution in [1.82, 2.24) is 20.1 Å². The molecule has 0 radical (unpaired) electrons. The normalized spacial score (nSPS) is 11.7. The summed E-state index contributed by atoms with van der Waals surface area (Å²) in [6.07, 6.45) is -3.63. The van der Waals surface area contributed by atoms with Gasteiger partial charge in [-0.3, -0.25) is 9.89 Å². The monoisotopic (exact) mass is 308 g/mol. The van der Waals surface area contributed by atoms with E-state index in [2.05, 4.69) is 15.2 Å². The van der Waals surface area contributed by atoms with Crippen LogP contribution in [0.15, 0.2) is 0 Å². The lowest BCUT2D eigenvalue weighted by atomic mass is 10.3. The van der Waals surface area contributed by atoms with Crippen molar-refractivity contribution >= 4 is 5.91 Å². The van der Waals surface area contributed by atoms with Gasteiger partial charge in [0.25, 0.3) is 5.91 Å². The molecule has 1 heterocycles. The van der Waals surface area contributed by atoms with Gasteiger partial charge in [-0.15, -0.1) is 5.10 Å². The summed E-state index contributed by atoms with van der Waals surface area (Å²) in [4.78, 5) is 16.6. The van der Waals surface area contributed by atoms with E-state index < -0.39 is 18.6 Å². The molecule has 1 aromatic heterocycles. The molecule has 0 bridgehead atoms. The minimum Gasteiger partial charge on any atom is -0.382 e. The van der Waals surface area contributed by atoms with Crippen molar-refractivity contribution in [2.45, 2.75) is 32.9 Å². The summed E-state index contributed by atoms with van der Waals surface area (Å²) in [5.41, 5.74) is 0. The van der Waals surface area contributed by atoms with E-state index in [1.54, 1.807) is 13.8 Å². The molecule has 120 valence electrons. The van der Waals surface area contributed by atoms with Crippen molar-refractivity contribution in [1.29, 1.82) is 0 Å². The van der Waals surface area contributed by atoms with Gasteiger partial charge in [0.1, 0.15) is 12.4 Å². The Morgan fingerprint density at radius 3 is 2.62 bits per heavy atom. The number of amides is 1. The smallest absolute Gasteiger partial charge is 0.382 e. The molecule has 21 heavy (non-hydrogen) atoms. The van der Waals surface area contributed by atoms with Gasteiger partial charge in [-0.1, -0.05) is 6.92 Å². The van der Waals surface area contributed by atoms with Gasteiger partial charge in [0.2, 0.25) is 5.82 Å². The van der Waals surface area contributed by atoms with Crippen LogP contribution in [0.5, 0.6) is 0 Å². The zero-order valence-electron chi connectivity index (χ0n) is 12.0. The fourth-order valence-electron chi connectivity index (χ4n) is 1.66. The number of carbonyl (C=O) groups excluding carboxylic acids is 1. The highest BCUT2D eigenvalue weighted by Gasteiger charge is 2.34. The first-order valence-electron chi connectivity index (χ1n) is 6.72. The van der Waals surface area contributed by atoms with Crippen molar-refractivity contribution in [2.24, 2.45) is 0 Å². The second kappa shape index (κ2) is 7.96. The largest absolute Gasteiger partial charge is 0.406 e. The first-order valence-corrected chi connectivity index (χ1v) is 6.72. The number of aryl methyl sites for hydroxylation is 1. The Morgan fingerprint density at radius 1 is 1.38 bits per heavy atom. The second-order valence-corrected chi connectivity index (χ2v) is 4.35. The molecule has 0 aliphatic carbocycles. The number of ether oxygens (including phenoxy) is 1. The van der Waals surface area contributed by atoms with E-state index in [0.717, 1.165) is 0 Å². The van der Waals surface area contributed by atoms with Crippen LogP contribution in [0, 0.1) is 0 Å². The molecule has 0 atom stereocenters. The lowest BCUT2D eigenvalue weighted by Crippen LogP contribution is -2.40. The maximum atomic E-state index is 12.6. The van der Waals surface area contributed by atoms with Crippen LogP contribution >= 0.6 is 0 Å². The summed E-state index contributed by atoms with van der Waals surface area (Å²) in [7, 11) is 0. The van der Waals surface area contributed by atoms with E-state index in [1.807, 2.05) is 0 Å². The third kappa shape index (κ3) is 6.11. The lowest BCUT2D eigenvalue weighted by molar-refractivity contribution is -0.141. The van der Waals surface area contributed by atoms with Crippen LogP contribution in [0.4, 0.5) is 13.2 Å². The van der Waals surface area contributed by atoms with Crippen molar-refractivity contribution in [3.8, 4) is 0 Å². The van der Waals surface area contributed by atoms with Crippen LogP contribution in [-0.2, 0) is 11.2 Å². The molecule has 9 heteroatoms. The second-order valence-electron chi connectivity index (χ2n) is 4.35. The third-order valence-corrected chi connectivity index (χ3v) is 2.64. The van der Waals surface area contributed by atoms with E-state index in [4.69, 9.17) is 4.74 Å². The molecule has 0 saturated heterocycles. The van der Waals surface area contributed by atoms with Gasteiger partial charge < -0.3 is 9.64 Å². The van der Waals surface area contributed by atoms with Crippen LogP contribution in [0.25, 0.3) is 0 Å². The standard InChI is InChI=1S/C12H19F3N4O2/c1-3-9-16-10(18-17-9)11(20)19(8-12(13,14)15)6-5-7-21-4-2/h3-8H2,1-2H3,(H,16,17,18). The van der Waals surface area contributed by atoms with Crippen LogP contribution in [0.1, 0.15) is 36.7 Å². The van der Waals surface area contributed by atoms with Crippen LogP contribution in [0.3, 0.4) is 0 Å². The number of rotatable bonds is 8. The van der Waals surface area contributed by atoms with E-state index in [0.29, 0.717) is 36.8 Å². The average molecular weight is 308 g/mol. The summed E-state index contributed by atoms with van der Waals surface area (Å²) in [5, 5.41) is 6.17. The molecule has 1 N–H and O–H groups in total. The fraction of sp³-hybridized carbons (Fsp3) is 0.750. The Labute approximate surface area is 120 Å². The topological polar surface area (TPSA) is 71.1 Å². The Kier molecular flexibility index (Phi) is 6.60. The number of halogens is 3. The molecular weight excluding hydrogens is 289 g/mol. The highest BCUT2D eigenvalue weighted by atomic mass is 19.4. The summed E-state index contributed by atoms with van der Waals surface area (Å²) in [5.74, 6) is -0.619. The molecule has 0 saturated carbocycles. The number of hydrogen-bond donors (Lipinski definition) is 1. The minimum atomic E-state index is -4.47. The molecule has 0 aliphatic heterocycles. The van der Waals surface area contributed by atoms with Gasteiger partial charge in [0, 0.05) is 26.2 Å². The van der Waals surface area contributed by atoms with Gasteiger partial charge in [-0.05, 0) is 13.3 Å². The molecular formula is C12H19F3N4O2. The Balaban J connectivity index is 2.71.